The molecule has 1 atom stereocenters. The Morgan fingerprint density at radius 1 is 1.14 bits per heavy atom. The van der Waals surface area contributed by atoms with Gasteiger partial charge in [-0.05, 0) is 49.8 Å². The van der Waals surface area contributed by atoms with Gasteiger partial charge < -0.3 is 9.15 Å². The summed E-state index contributed by atoms with van der Waals surface area (Å²) in [5.74, 6) is -0.339. The van der Waals surface area contributed by atoms with Crippen LogP contribution in [0.1, 0.15) is 35.6 Å². The van der Waals surface area contributed by atoms with Crippen molar-refractivity contribution < 1.29 is 27.1 Å². The molecule has 3 aromatic rings. The summed E-state index contributed by atoms with van der Waals surface area (Å²) in [4.78, 5) is 12.0. The van der Waals surface area contributed by atoms with E-state index in [9.17, 15) is 18.0 Å². The van der Waals surface area contributed by atoms with Gasteiger partial charge in [0.1, 0.15) is 0 Å². The lowest BCUT2D eigenvalue weighted by molar-refractivity contribution is -0.143. The Hall–Kier alpha value is -3.42. The molecule has 1 aromatic heterocycles. The molecule has 29 heavy (non-hydrogen) atoms. The number of rotatable bonds is 5. The van der Waals surface area contributed by atoms with Gasteiger partial charge in [-0.2, -0.15) is 13.2 Å². The Balaban J connectivity index is 1.64. The normalized spacial score (nSPS) is 12.9. The number of aryl methyl sites for hydroxylation is 1. The highest BCUT2D eigenvalue weighted by Crippen LogP contribution is 2.29. The number of benzene rings is 2. The van der Waals surface area contributed by atoms with Crippen LogP contribution in [-0.2, 0) is 15.7 Å². The number of alkyl halides is 3. The third kappa shape index (κ3) is 5.31. The molecule has 0 aliphatic heterocycles. The zero-order valence-corrected chi connectivity index (χ0v) is 15.6. The van der Waals surface area contributed by atoms with Crippen molar-refractivity contribution in [1.82, 2.24) is 10.2 Å². The highest BCUT2D eigenvalue weighted by molar-refractivity contribution is 5.87. The van der Waals surface area contributed by atoms with Gasteiger partial charge in [-0.25, -0.2) is 4.79 Å². The van der Waals surface area contributed by atoms with Crippen molar-refractivity contribution in [3.63, 3.8) is 0 Å². The van der Waals surface area contributed by atoms with Gasteiger partial charge in [0.05, 0.1) is 5.56 Å². The van der Waals surface area contributed by atoms with E-state index >= 15 is 0 Å². The van der Waals surface area contributed by atoms with Crippen LogP contribution in [0.3, 0.4) is 0 Å². The van der Waals surface area contributed by atoms with Crippen LogP contribution in [-0.4, -0.2) is 16.2 Å². The molecule has 150 valence electrons. The molecule has 0 spiro atoms. The Bertz CT molecular complexity index is 1020. The van der Waals surface area contributed by atoms with Crippen LogP contribution < -0.4 is 0 Å². The summed E-state index contributed by atoms with van der Waals surface area (Å²) in [6.07, 6.45) is -2.98. The lowest BCUT2D eigenvalue weighted by atomic mass is 10.1. The molecule has 0 unspecified atom stereocenters. The number of carbonyl (C=O) groups is 1. The van der Waals surface area contributed by atoms with Gasteiger partial charge in [0.15, 0.2) is 6.10 Å². The molecule has 0 aliphatic rings. The van der Waals surface area contributed by atoms with Gasteiger partial charge in [-0.3, -0.25) is 0 Å². The van der Waals surface area contributed by atoms with E-state index in [1.54, 1.807) is 6.92 Å². The van der Waals surface area contributed by atoms with Crippen LogP contribution in [0.25, 0.3) is 17.5 Å². The molecule has 0 fully saturated rings. The molecule has 0 N–H and O–H groups in total. The van der Waals surface area contributed by atoms with Crippen LogP contribution in [0.2, 0.25) is 0 Å². The second-order valence-electron chi connectivity index (χ2n) is 6.35. The zero-order chi connectivity index (χ0) is 21.0. The van der Waals surface area contributed by atoms with Gasteiger partial charge in [0.25, 0.3) is 5.89 Å². The van der Waals surface area contributed by atoms with E-state index in [2.05, 4.69) is 10.2 Å². The number of carbonyl (C=O) groups excluding carboxylic acids is 1. The lowest BCUT2D eigenvalue weighted by Gasteiger charge is -2.08. The van der Waals surface area contributed by atoms with Gasteiger partial charge in [0.2, 0.25) is 5.89 Å². The van der Waals surface area contributed by atoms with E-state index < -0.39 is 23.8 Å². The molecule has 2 aromatic carbocycles. The van der Waals surface area contributed by atoms with Crippen LogP contribution >= 0.6 is 0 Å². The number of halogens is 3. The van der Waals surface area contributed by atoms with Crippen molar-refractivity contribution in [2.45, 2.75) is 26.1 Å². The average Bonchev–Trinajstić information content (AvgIpc) is 3.17. The largest absolute Gasteiger partial charge is 0.449 e. The fraction of sp³-hybridized carbons (Fsp3) is 0.190. The predicted octanol–water partition coefficient (Wildman–Crippen LogP) is 5.38. The summed E-state index contributed by atoms with van der Waals surface area (Å²) in [6, 6.07) is 12.1. The highest BCUT2D eigenvalue weighted by atomic mass is 19.4. The Morgan fingerprint density at radius 2 is 1.86 bits per heavy atom. The van der Waals surface area contributed by atoms with Crippen molar-refractivity contribution >= 4 is 12.0 Å². The smallest absolute Gasteiger partial charge is 0.416 e. The van der Waals surface area contributed by atoms with E-state index in [0.29, 0.717) is 5.89 Å². The second kappa shape index (κ2) is 8.30. The van der Waals surface area contributed by atoms with Gasteiger partial charge in [-0.1, -0.05) is 29.8 Å². The number of esters is 1. The highest BCUT2D eigenvalue weighted by Gasteiger charge is 2.30. The minimum atomic E-state index is -4.45. The Kier molecular flexibility index (Phi) is 5.81. The Morgan fingerprint density at radius 3 is 2.55 bits per heavy atom. The third-order valence-electron chi connectivity index (χ3n) is 4.01. The first-order valence-corrected chi connectivity index (χ1v) is 8.69. The van der Waals surface area contributed by atoms with Crippen LogP contribution in [0.15, 0.2) is 59.0 Å². The summed E-state index contributed by atoms with van der Waals surface area (Å²) >= 11 is 0. The first-order valence-electron chi connectivity index (χ1n) is 8.69. The van der Waals surface area contributed by atoms with Crippen molar-refractivity contribution in [3.8, 4) is 11.5 Å². The monoisotopic (exact) mass is 402 g/mol. The summed E-state index contributed by atoms with van der Waals surface area (Å²) in [7, 11) is 0. The number of aromatic nitrogens is 2. The minimum absolute atomic E-state index is 0.112. The van der Waals surface area contributed by atoms with E-state index in [1.165, 1.54) is 18.2 Å². The molecule has 8 heteroatoms. The average molecular weight is 402 g/mol. The third-order valence-corrected chi connectivity index (χ3v) is 4.01. The summed E-state index contributed by atoms with van der Waals surface area (Å²) in [5, 5.41) is 7.82. The summed E-state index contributed by atoms with van der Waals surface area (Å²) in [5.41, 5.74) is 1.25. The van der Waals surface area contributed by atoms with Gasteiger partial charge in [0, 0.05) is 11.6 Å². The van der Waals surface area contributed by atoms with Crippen LogP contribution in [0.5, 0.6) is 0 Å². The minimum Gasteiger partial charge on any atom is -0.449 e. The topological polar surface area (TPSA) is 65.2 Å². The van der Waals surface area contributed by atoms with E-state index in [4.69, 9.17) is 9.15 Å². The molecule has 0 amide bonds. The predicted molar refractivity (Wildman–Crippen MR) is 99.5 cm³/mol. The van der Waals surface area contributed by atoms with Crippen molar-refractivity contribution in [2.75, 3.05) is 0 Å². The fourth-order valence-corrected chi connectivity index (χ4v) is 2.46. The van der Waals surface area contributed by atoms with Crippen molar-refractivity contribution in [2.24, 2.45) is 0 Å². The van der Waals surface area contributed by atoms with Crippen molar-refractivity contribution in [3.05, 3.63) is 77.2 Å². The SMILES string of the molecule is Cc1ccc(-c2nnc([C@H](C)OC(=O)/C=C/c3cccc(C(F)(F)F)c3)o2)cc1. The molecule has 0 aliphatic carbocycles. The summed E-state index contributed by atoms with van der Waals surface area (Å²) in [6.45, 7) is 3.51. The van der Waals surface area contributed by atoms with Crippen molar-refractivity contribution in [1.29, 1.82) is 0 Å². The first kappa shape index (κ1) is 20.3. The van der Waals surface area contributed by atoms with Crippen LogP contribution in [0.4, 0.5) is 13.2 Å². The molecular formula is C21H17F3N2O3. The fourth-order valence-electron chi connectivity index (χ4n) is 2.46. The molecular weight excluding hydrogens is 385 g/mol. The lowest BCUT2D eigenvalue weighted by Crippen LogP contribution is -2.06. The maximum Gasteiger partial charge on any atom is 0.416 e. The molecule has 0 saturated heterocycles. The van der Waals surface area contributed by atoms with Gasteiger partial charge >= 0.3 is 12.1 Å². The zero-order valence-electron chi connectivity index (χ0n) is 15.6. The maximum atomic E-state index is 12.7. The maximum absolute atomic E-state index is 12.7. The molecule has 3 rings (SSSR count). The van der Waals surface area contributed by atoms with E-state index in [0.717, 1.165) is 29.3 Å². The number of hydrogen-bond acceptors (Lipinski definition) is 5. The quantitative estimate of drug-likeness (QED) is 0.423. The van der Waals surface area contributed by atoms with E-state index in [1.807, 2.05) is 31.2 Å². The van der Waals surface area contributed by atoms with Crippen LogP contribution in [0, 0.1) is 6.92 Å². The van der Waals surface area contributed by atoms with Gasteiger partial charge in [-0.15, -0.1) is 10.2 Å². The van der Waals surface area contributed by atoms with E-state index in [-0.39, 0.29) is 11.5 Å². The Labute approximate surface area is 164 Å². The molecule has 1 heterocycles. The number of hydrogen-bond donors (Lipinski definition) is 0. The molecule has 0 radical (unpaired) electrons. The number of nitrogens with zero attached hydrogens (tertiary/aromatic N) is 2. The first-order chi connectivity index (χ1) is 13.7. The summed E-state index contributed by atoms with van der Waals surface area (Å²) < 4.78 is 48.9. The standard InChI is InChI=1S/C21H17F3N2O3/c1-13-6-9-16(10-7-13)20-26-25-19(29-20)14(2)28-18(27)11-8-15-4-3-5-17(12-15)21(22,23)24/h3-12,14H,1-2H3/b11-8+/t14-/m0/s1. The molecule has 0 saturated carbocycles. The number of ether oxygens (including phenoxy) is 1. The second-order valence-corrected chi connectivity index (χ2v) is 6.35. The molecule has 5 nitrogen and oxygen atoms in total. The molecule has 0 bridgehead atoms.